The minimum atomic E-state index is -1.31. The number of rotatable bonds is 13. The molecule has 0 aromatic heterocycles. The van der Waals surface area contributed by atoms with Crippen LogP contribution < -0.4 is 24.3 Å². The third-order valence-electron chi connectivity index (χ3n) is 9.41. The van der Waals surface area contributed by atoms with E-state index < -0.39 is 23.5 Å². The lowest BCUT2D eigenvalue weighted by Crippen LogP contribution is -2.48. The molecule has 0 bridgehead atoms. The van der Waals surface area contributed by atoms with Crippen molar-refractivity contribution in [1.29, 1.82) is 0 Å². The fourth-order valence-corrected chi connectivity index (χ4v) is 6.97. The molecule has 0 spiro atoms. The highest BCUT2D eigenvalue weighted by Crippen LogP contribution is 2.41. The van der Waals surface area contributed by atoms with E-state index in [0.717, 1.165) is 32.4 Å². The Morgan fingerprint density at radius 1 is 0.780 bits per heavy atom. The number of nitrogens with one attached hydrogen (secondary N) is 1. The van der Waals surface area contributed by atoms with Gasteiger partial charge in [0.25, 0.3) is 5.91 Å². The molecule has 4 amide bonds. The van der Waals surface area contributed by atoms with E-state index in [1.165, 1.54) is 0 Å². The highest BCUT2D eigenvalue weighted by atomic mass is 16.5. The van der Waals surface area contributed by atoms with Crippen LogP contribution in [0.5, 0.6) is 23.0 Å². The van der Waals surface area contributed by atoms with Crippen LogP contribution in [0.2, 0.25) is 0 Å². The molecule has 6 rings (SSSR count). The normalized spacial score (nSPS) is 18.5. The van der Waals surface area contributed by atoms with Gasteiger partial charge < -0.3 is 29.2 Å². The van der Waals surface area contributed by atoms with Crippen molar-refractivity contribution in [2.75, 3.05) is 39.5 Å². The Hall–Kier alpha value is -5.25. The van der Waals surface area contributed by atoms with Gasteiger partial charge in [-0.2, -0.15) is 0 Å². The van der Waals surface area contributed by atoms with Gasteiger partial charge >= 0.3 is 6.03 Å². The molecule has 10 nitrogen and oxygen atoms in total. The largest absolute Gasteiger partial charge is 0.490 e. The maximum absolute atomic E-state index is 14.3. The van der Waals surface area contributed by atoms with E-state index in [1.807, 2.05) is 100 Å². The summed E-state index contributed by atoms with van der Waals surface area (Å²) in [4.78, 5) is 44.5. The molecule has 4 aromatic carbocycles. The maximum atomic E-state index is 14.3. The number of benzene rings is 4. The molecule has 10 heteroatoms. The van der Waals surface area contributed by atoms with Crippen LogP contribution in [0.4, 0.5) is 4.79 Å². The molecule has 4 aromatic rings. The van der Waals surface area contributed by atoms with Crippen LogP contribution in [0.3, 0.4) is 0 Å². The second kappa shape index (κ2) is 14.7. The summed E-state index contributed by atoms with van der Waals surface area (Å²) in [6, 6.07) is 22.3. The quantitative estimate of drug-likeness (QED) is 0.159. The van der Waals surface area contributed by atoms with Crippen molar-refractivity contribution in [3.8, 4) is 23.0 Å². The van der Waals surface area contributed by atoms with Gasteiger partial charge in [-0.15, -0.1) is 0 Å². The molecule has 1 fully saturated rings. The van der Waals surface area contributed by atoms with Crippen LogP contribution in [0.25, 0.3) is 10.8 Å². The molecule has 2 heterocycles. The minimum absolute atomic E-state index is 0.324. The van der Waals surface area contributed by atoms with Gasteiger partial charge in [-0.1, -0.05) is 42.5 Å². The van der Waals surface area contributed by atoms with Crippen molar-refractivity contribution in [2.45, 2.75) is 59.0 Å². The van der Waals surface area contributed by atoms with Crippen LogP contribution in [-0.2, 0) is 28.0 Å². The standard InChI is InChI=1S/C40H45N3O7/c1-6-47-33-17-14-26(21-34(33)48-7-2)20-32-31-24-36(50-9-4)35(49-8-3)23-29(31)18-19-42(32)37(44)25-43-38(45)40(5,41-39(43)46)30-16-15-27-12-10-11-13-28(27)22-30/h10-17,21-24,32H,6-9,18-20,25H2,1-5H3,(H,41,46)/t32-,40-/m0/s1. The second-order valence-electron chi connectivity index (χ2n) is 12.6. The van der Waals surface area contributed by atoms with Crippen molar-refractivity contribution < 1.29 is 33.3 Å². The molecule has 1 N–H and O–H groups in total. The zero-order chi connectivity index (χ0) is 35.4. The molecular formula is C40H45N3O7. The number of hydrogen-bond donors (Lipinski definition) is 1. The number of fused-ring (bicyclic) bond motifs is 2. The molecule has 2 aliphatic rings. The Kier molecular flexibility index (Phi) is 10.2. The topological polar surface area (TPSA) is 107 Å². The van der Waals surface area contributed by atoms with Crippen molar-refractivity contribution in [2.24, 2.45) is 0 Å². The van der Waals surface area contributed by atoms with E-state index in [-0.39, 0.29) is 12.5 Å². The first-order chi connectivity index (χ1) is 24.2. The lowest BCUT2D eigenvalue weighted by atomic mass is 9.87. The number of ether oxygens (including phenoxy) is 4. The molecule has 2 aliphatic heterocycles. The monoisotopic (exact) mass is 679 g/mol. The van der Waals surface area contributed by atoms with Crippen LogP contribution in [0.15, 0.2) is 72.8 Å². The van der Waals surface area contributed by atoms with Gasteiger partial charge in [0.05, 0.1) is 32.5 Å². The molecular weight excluding hydrogens is 634 g/mol. The van der Waals surface area contributed by atoms with E-state index in [9.17, 15) is 14.4 Å². The Labute approximate surface area is 293 Å². The molecule has 0 unspecified atom stereocenters. The molecule has 0 aliphatic carbocycles. The predicted molar refractivity (Wildman–Crippen MR) is 191 cm³/mol. The Bertz CT molecular complexity index is 1910. The van der Waals surface area contributed by atoms with E-state index in [0.29, 0.717) is 74.4 Å². The van der Waals surface area contributed by atoms with Crippen molar-refractivity contribution in [3.63, 3.8) is 0 Å². The number of amides is 4. The summed E-state index contributed by atoms with van der Waals surface area (Å²) in [7, 11) is 0. The fraction of sp³-hybridized carbons (Fsp3) is 0.375. The number of carbonyl (C=O) groups is 3. The molecule has 0 saturated carbocycles. The Morgan fingerprint density at radius 3 is 2.12 bits per heavy atom. The zero-order valence-corrected chi connectivity index (χ0v) is 29.4. The predicted octanol–water partition coefficient (Wildman–Crippen LogP) is 6.57. The van der Waals surface area contributed by atoms with Crippen LogP contribution in [-0.4, -0.2) is 67.2 Å². The highest BCUT2D eigenvalue weighted by molar-refractivity contribution is 6.09. The summed E-state index contributed by atoms with van der Waals surface area (Å²) in [5, 5.41) is 4.86. The number of urea groups is 1. The summed E-state index contributed by atoms with van der Waals surface area (Å²) in [6.07, 6.45) is 1.03. The van der Waals surface area contributed by atoms with Gasteiger partial charge in [-0.05, 0) is 111 Å². The number of carbonyl (C=O) groups excluding carboxylic acids is 3. The van der Waals surface area contributed by atoms with Crippen LogP contribution in [0.1, 0.15) is 62.9 Å². The van der Waals surface area contributed by atoms with Gasteiger partial charge in [0.1, 0.15) is 12.1 Å². The average molecular weight is 680 g/mol. The summed E-state index contributed by atoms with van der Waals surface area (Å²) < 4.78 is 23.6. The van der Waals surface area contributed by atoms with Crippen molar-refractivity contribution >= 4 is 28.6 Å². The average Bonchev–Trinajstić information content (AvgIpc) is 3.33. The summed E-state index contributed by atoms with van der Waals surface area (Å²) >= 11 is 0. The zero-order valence-electron chi connectivity index (χ0n) is 29.4. The van der Waals surface area contributed by atoms with Crippen LogP contribution in [0, 0.1) is 0 Å². The third kappa shape index (κ3) is 6.66. The number of imide groups is 1. The molecule has 50 heavy (non-hydrogen) atoms. The SMILES string of the molecule is CCOc1ccc(C[C@H]2c3cc(OCC)c(OCC)cc3CCN2C(=O)CN2C(=O)N[C@@](C)(c3ccc4ccccc4c3)C2=O)cc1OCC. The minimum Gasteiger partial charge on any atom is -0.490 e. The van der Waals surface area contributed by atoms with Gasteiger partial charge in [-0.3, -0.25) is 14.5 Å². The van der Waals surface area contributed by atoms with E-state index in [1.54, 1.807) is 11.8 Å². The van der Waals surface area contributed by atoms with E-state index in [4.69, 9.17) is 18.9 Å². The molecule has 1 saturated heterocycles. The van der Waals surface area contributed by atoms with Gasteiger partial charge in [0.2, 0.25) is 5.91 Å². The summed E-state index contributed by atoms with van der Waals surface area (Å²) in [6.45, 7) is 11.3. The Balaban J connectivity index is 1.32. The lowest BCUT2D eigenvalue weighted by molar-refractivity contribution is -0.140. The Morgan fingerprint density at radius 2 is 1.42 bits per heavy atom. The summed E-state index contributed by atoms with van der Waals surface area (Å²) in [5.41, 5.74) is 2.28. The number of nitrogens with zero attached hydrogens (tertiary/aromatic N) is 2. The van der Waals surface area contributed by atoms with E-state index in [2.05, 4.69) is 5.32 Å². The lowest BCUT2D eigenvalue weighted by Gasteiger charge is -2.38. The fourth-order valence-electron chi connectivity index (χ4n) is 6.97. The smallest absolute Gasteiger partial charge is 0.325 e. The van der Waals surface area contributed by atoms with Crippen molar-refractivity contribution in [1.82, 2.24) is 15.1 Å². The third-order valence-corrected chi connectivity index (χ3v) is 9.41. The van der Waals surface area contributed by atoms with E-state index >= 15 is 0 Å². The van der Waals surface area contributed by atoms with Gasteiger partial charge in [0.15, 0.2) is 23.0 Å². The highest BCUT2D eigenvalue weighted by Gasteiger charge is 2.50. The second-order valence-corrected chi connectivity index (χ2v) is 12.6. The van der Waals surface area contributed by atoms with Gasteiger partial charge in [-0.25, -0.2) is 4.79 Å². The first kappa shape index (κ1) is 34.6. The molecule has 0 radical (unpaired) electrons. The molecule has 262 valence electrons. The van der Waals surface area contributed by atoms with Crippen LogP contribution >= 0.6 is 0 Å². The number of hydrogen-bond acceptors (Lipinski definition) is 7. The molecule has 2 atom stereocenters. The van der Waals surface area contributed by atoms with Gasteiger partial charge in [0, 0.05) is 6.54 Å². The summed E-state index contributed by atoms with van der Waals surface area (Å²) in [5.74, 6) is 1.77. The van der Waals surface area contributed by atoms with Crippen molar-refractivity contribution in [3.05, 3.63) is 95.1 Å². The maximum Gasteiger partial charge on any atom is 0.325 e. The first-order valence-electron chi connectivity index (χ1n) is 17.4. The first-order valence-corrected chi connectivity index (χ1v) is 17.4.